The Labute approximate surface area is 190 Å². The third-order valence-electron chi connectivity index (χ3n) is 4.84. The fourth-order valence-corrected chi connectivity index (χ4v) is 3.43. The molecule has 0 aliphatic rings. The van der Waals surface area contributed by atoms with Crippen LogP contribution in [0.3, 0.4) is 0 Å². The third kappa shape index (κ3) is 3.54. The molecule has 0 radical (unpaired) electrons. The Balaban J connectivity index is 1.85. The van der Waals surface area contributed by atoms with E-state index in [0.29, 0.717) is 22.2 Å². The lowest BCUT2D eigenvalue weighted by Crippen LogP contribution is -2.28. The largest absolute Gasteiger partial charge is 0.463 e. The van der Waals surface area contributed by atoms with Crippen LogP contribution in [0, 0.1) is 11.3 Å². The number of hydrogen-bond donors (Lipinski definition) is 0. The van der Waals surface area contributed by atoms with E-state index in [2.05, 4.69) is 10.2 Å². The summed E-state index contributed by atoms with van der Waals surface area (Å²) in [4.78, 5) is 26.5. The highest BCUT2D eigenvalue weighted by atomic mass is 35.5. The maximum atomic E-state index is 13.5. The molecule has 1 aromatic carbocycles. The maximum absolute atomic E-state index is 13.5. The predicted octanol–water partition coefficient (Wildman–Crippen LogP) is 3.81. The van der Waals surface area contributed by atoms with Crippen LogP contribution in [-0.4, -0.2) is 20.7 Å². The first-order valence-electron chi connectivity index (χ1n) is 9.57. The number of rotatable bonds is 4. The Kier molecular flexibility index (Phi) is 4.97. The molecule has 4 heterocycles. The molecule has 33 heavy (non-hydrogen) atoms. The number of hydrogen-bond acceptors (Lipinski definition) is 7. The number of nitrogens with zero attached hydrogens (tertiary/aromatic N) is 5. The number of furan rings is 2. The van der Waals surface area contributed by atoms with Crippen LogP contribution in [-0.2, 0) is 0 Å². The Hall–Kier alpha value is -4.68. The topological polar surface area (TPSA) is 119 Å². The summed E-state index contributed by atoms with van der Waals surface area (Å²) in [5, 5.41) is 18.8. The van der Waals surface area contributed by atoms with Crippen LogP contribution in [0.15, 0.2) is 90.6 Å². The summed E-state index contributed by atoms with van der Waals surface area (Å²) in [6, 6.07) is 16.3. The van der Waals surface area contributed by atoms with Crippen LogP contribution >= 0.6 is 11.6 Å². The van der Waals surface area contributed by atoms with Crippen molar-refractivity contribution in [3.63, 3.8) is 0 Å². The zero-order valence-electron chi connectivity index (χ0n) is 16.7. The fourth-order valence-electron chi connectivity index (χ4n) is 3.30. The van der Waals surface area contributed by atoms with Crippen LogP contribution in [0.4, 0.5) is 0 Å². The summed E-state index contributed by atoms with van der Waals surface area (Å²) in [5.41, 5.74) is -1.09. The van der Waals surface area contributed by atoms with Gasteiger partial charge in [0.2, 0.25) is 0 Å². The van der Waals surface area contributed by atoms with Crippen molar-refractivity contribution in [1.82, 2.24) is 14.5 Å². The van der Waals surface area contributed by atoms with Gasteiger partial charge in [-0.25, -0.2) is 0 Å². The molecule has 5 aromatic rings. The molecule has 0 unspecified atom stereocenters. The van der Waals surface area contributed by atoms with Gasteiger partial charge in [-0.3, -0.25) is 9.59 Å². The van der Waals surface area contributed by atoms with Crippen molar-refractivity contribution in [2.75, 3.05) is 0 Å². The first kappa shape index (κ1) is 20.2. The number of halogens is 1. The molecule has 4 aromatic heterocycles. The van der Waals surface area contributed by atoms with Crippen molar-refractivity contribution < 1.29 is 8.83 Å². The molecule has 0 aliphatic heterocycles. The van der Waals surface area contributed by atoms with Gasteiger partial charge >= 0.3 is 0 Å². The normalized spacial score (nSPS) is 11.3. The summed E-state index contributed by atoms with van der Waals surface area (Å²) in [6.45, 7) is 0. The van der Waals surface area contributed by atoms with E-state index >= 15 is 0 Å². The van der Waals surface area contributed by atoms with E-state index in [1.807, 2.05) is 6.07 Å². The van der Waals surface area contributed by atoms with Crippen molar-refractivity contribution >= 4 is 28.7 Å². The average molecular weight is 458 g/mol. The Bertz CT molecular complexity index is 1660. The molecule has 0 N–H and O–H groups in total. The minimum Gasteiger partial charge on any atom is -0.463 e. The molecule has 160 valence electrons. The van der Waals surface area contributed by atoms with E-state index in [4.69, 9.17) is 20.4 Å². The van der Waals surface area contributed by atoms with Crippen molar-refractivity contribution in [1.29, 1.82) is 5.26 Å². The summed E-state index contributed by atoms with van der Waals surface area (Å²) >= 11 is 5.94. The summed E-state index contributed by atoms with van der Waals surface area (Å²) in [6.07, 6.45) is 4.27. The molecule has 0 fully saturated rings. The summed E-state index contributed by atoms with van der Waals surface area (Å²) < 4.78 is 12.8. The average Bonchev–Trinajstić information content (AvgIpc) is 3.53. The zero-order valence-corrected chi connectivity index (χ0v) is 17.4. The van der Waals surface area contributed by atoms with E-state index in [1.165, 1.54) is 24.8 Å². The lowest BCUT2D eigenvalue weighted by atomic mass is 10.1. The molecular weight excluding hydrogens is 446 g/mol. The van der Waals surface area contributed by atoms with Crippen molar-refractivity contribution in [2.45, 2.75) is 0 Å². The van der Waals surface area contributed by atoms with Gasteiger partial charge in [-0.2, -0.15) is 24.8 Å². The first-order chi connectivity index (χ1) is 16.1. The van der Waals surface area contributed by atoms with Crippen molar-refractivity contribution in [3.05, 3.63) is 104 Å². The van der Waals surface area contributed by atoms with Gasteiger partial charge in [0.05, 0.1) is 24.4 Å². The maximum Gasteiger partial charge on any atom is 0.299 e. The smallest absolute Gasteiger partial charge is 0.299 e. The summed E-state index contributed by atoms with van der Waals surface area (Å²) in [7, 11) is 0. The van der Waals surface area contributed by atoms with Gasteiger partial charge in [-0.05, 0) is 54.6 Å². The molecule has 0 spiro atoms. The number of aromatic nitrogens is 3. The number of nitriles is 1. The molecule has 5 rings (SSSR count). The van der Waals surface area contributed by atoms with Crippen LogP contribution in [0.25, 0.3) is 28.0 Å². The van der Waals surface area contributed by atoms with Gasteiger partial charge in [0, 0.05) is 10.4 Å². The Morgan fingerprint density at radius 2 is 1.79 bits per heavy atom. The van der Waals surface area contributed by atoms with Crippen LogP contribution in [0.1, 0.15) is 11.3 Å². The highest BCUT2D eigenvalue weighted by Gasteiger charge is 2.20. The van der Waals surface area contributed by atoms with Gasteiger partial charge in [0.15, 0.2) is 11.3 Å². The quantitative estimate of drug-likeness (QED) is 0.378. The molecule has 10 heteroatoms. The van der Waals surface area contributed by atoms with E-state index in [1.54, 1.807) is 48.5 Å². The monoisotopic (exact) mass is 457 g/mol. The molecule has 0 bridgehead atoms. The van der Waals surface area contributed by atoms with Gasteiger partial charge in [0.1, 0.15) is 23.1 Å². The molecular formula is C23H12ClN5O4. The second-order valence-corrected chi connectivity index (χ2v) is 7.26. The second kappa shape index (κ2) is 8.11. The number of fused-ring (bicyclic) bond motifs is 1. The van der Waals surface area contributed by atoms with Crippen molar-refractivity contribution in [2.24, 2.45) is 5.10 Å². The highest BCUT2D eigenvalue weighted by Crippen LogP contribution is 2.23. The molecule has 0 atom stereocenters. The number of benzene rings is 1. The molecule has 9 nitrogen and oxygen atoms in total. The molecule has 0 amide bonds. The minimum absolute atomic E-state index is 0.0913. The third-order valence-corrected chi connectivity index (χ3v) is 5.09. The first-order valence-corrected chi connectivity index (χ1v) is 9.95. The van der Waals surface area contributed by atoms with Gasteiger partial charge in [-0.1, -0.05) is 11.6 Å². The lowest BCUT2D eigenvalue weighted by molar-refractivity contribution is 0.558. The van der Waals surface area contributed by atoms with E-state index in [0.717, 1.165) is 9.36 Å². The second-order valence-electron chi connectivity index (χ2n) is 6.83. The Morgan fingerprint density at radius 3 is 2.45 bits per heavy atom. The van der Waals surface area contributed by atoms with E-state index < -0.39 is 11.1 Å². The standard InChI is InChI=1S/C23H12ClN5O4/c24-14-5-7-15(8-6-14)28-22(30)18(12-25)17-11-19(20-4-2-10-33-20)29(23(31)21(17)27-28)26-13-16-3-1-9-32-16/h1-11,13H/b26-13-. The molecule has 0 saturated heterocycles. The Morgan fingerprint density at radius 1 is 1.03 bits per heavy atom. The summed E-state index contributed by atoms with van der Waals surface area (Å²) in [5.74, 6) is 0.737. The predicted molar refractivity (Wildman–Crippen MR) is 121 cm³/mol. The van der Waals surface area contributed by atoms with Crippen molar-refractivity contribution in [3.8, 4) is 23.2 Å². The van der Waals surface area contributed by atoms with Gasteiger partial charge < -0.3 is 8.83 Å². The van der Waals surface area contributed by atoms with Gasteiger partial charge in [-0.15, -0.1) is 0 Å². The van der Waals surface area contributed by atoms with E-state index in [9.17, 15) is 14.9 Å². The van der Waals surface area contributed by atoms with Crippen LogP contribution in [0.2, 0.25) is 5.02 Å². The fraction of sp³-hybridized carbons (Fsp3) is 0. The highest BCUT2D eigenvalue weighted by molar-refractivity contribution is 6.30. The lowest BCUT2D eigenvalue weighted by Gasteiger charge is -2.11. The zero-order chi connectivity index (χ0) is 22.9. The molecule has 0 aliphatic carbocycles. The minimum atomic E-state index is -0.672. The SMILES string of the molecule is N#Cc1c(=O)n(-c2ccc(Cl)cc2)nc2c(=O)n(/N=C\c3ccco3)c(-c3ccco3)cc12. The van der Waals surface area contributed by atoms with Crippen LogP contribution in [0.5, 0.6) is 0 Å². The number of pyridine rings is 1. The van der Waals surface area contributed by atoms with E-state index in [-0.39, 0.29) is 22.2 Å². The van der Waals surface area contributed by atoms with Gasteiger partial charge in [0.25, 0.3) is 11.1 Å². The van der Waals surface area contributed by atoms with Crippen LogP contribution < -0.4 is 11.1 Å². The molecule has 0 saturated carbocycles.